The molecule has 6 heteroatoms. The molecular formula is C20H20ClN3O2. The Morgan fingerprint density at radius 2 is 1.88 bits per heavy atom. The third-order valence-corrected chi connectivity index (χ3v) is 5.10. The lowest BCUT2D eigenvalue weighted by Crippen LogP contribution is -2.28. The summed E-state index contributed by atoms with van der Waals surface area (Å²) in [6.07, 6.45) is 2.19. The summed E-state index contributed by atoms with van der Waals surface area (Å²) in [7, 11) is 1.61. The molecule has 1 aliphatic heterocycles. The van der Waals surface area contributed by atoms with Crippen molar-refractivity contribution in [2.24, 2.45) is 0 Å². The van der Waals surface area contributed by atoms with Crippen molar-refractivity contribution in [1.82, 2.24) is 9.55 Å². The van der Waals surface area contributed by atoms with E-state index >= 15 is 0 Å². The molecule has 0 atom stereocenters. The van der Waals surface area contributed by atoms with Crippen molar-refractivity contribution < 1.29 is 4.74 Å². The summed E-state index contributed by atoms with van der Waals surface area (Å²) >= 11 is 6.34. The van der Waals surface area contributed by atoms with E-state index in [0.29, 0.717) is 22.1 Å². The maximum atomic E-state index is 13.0. The molecule has 2 heterocycles. The van der Waals surface area contributed by atoms with E-state index in [2.05, 4.69) is 9.88 Å². The zero-order chi connectivity index (χ0) is 18.3. The zero-order valence-electron chi connectivity index (χ0n) is 14.8. The van der Waals surface area contributed by atoms with E-state index in [0.717, 1.165) is 42.6 Å². The Balaban J connectivity index is 2.13. The topological polar surface area (TPSA) is 47.4 Å². The van der Waals surface area contributed by atoms with Crippen LogP contribution in [0.3, 0.4) is 0 Å². The number of para-hydroxylation sites is 1. The van der Waals surface area contributed by atoms with Gasteiger partial charge in [-0.1, -0.05) is 29.8 Å². The molecule has 3 aromatic rings. The third-order valence-electron chi connectivity index (χ3n) is 4.89. The van der Waals surface area contributed by atoms with Crippen LogP contribution in [-0.2, 0) is 0 Å². The van der Waals surface area contributed by atoms with Crippen molar-refractivity contribution in [3.05, 3.63) is 57.5 Å². The molecule has 0 unspecified atom stereocenters. The molecule has 1 fully saturated rings. The number of hydrogen-bond donors (Lipinski definition) is 0. The second-order valence-corrected chi connectivity index (χ2v) is 6.97. The van der Waals surface area contributed by atoms with E-state index in [1.807, 2.05) is 37.3 Å². The maximum absolute atomic E-state index is 13.0. The second kappa shape index (κ2) is 6.65. The number of aryl methyl sites for hydroxylation is 1. The first-order chi connectivity index (χ1) is 12.6. The summed E-state index contributed by atoms with van der Waals surface area (Å²) < 4.78 is 7.23. The summed E-state index contributed by atoms with van der Waals surface area (Å²) in [5.41, 5.74) is 2.20. The monoisotopic (exact) mass is 369 g/mol. The molecule has 2 aromatic carbocycles. The molecule has 0 aliphatic carbocycles. The third kappa shape index (κ3) is 2.72. The minimum absolute atomic E-state index is 0.307. The number of aromatic nitrogens is 2. The fourth-order valence-corrected chi connectivity index (χ4v) is 3.84. The van der Waals surface area contributed by atoms with Gasteiger partial charge in [-0.3, -0.25) is 4.57 Å². The number of ether oxygens (including phenoxy) is 1. The van der Waals surface area contributed by atoms with Gasteiger partial charge in [0.1, 0.15) is 11.6 Å². The Morgan fingerprint density at radius 1 is 1.15 bits per heavy atom. The Kier molecular flexibility index (Phi) is 4.32. The average molecular weight is 370 g/mol. The smallest absolute Gasteiger partial charge is 0.354 e. The van der Waals surface area contributed by atoms with Gasteiger partial charge in [-0.2, -0.15) is 4.98 Å². The Bertz CT molecular complexity index is 1040. The van der Waals surface area contributed by atoms with Crippen LogP contribution in [0.2, 0.25) is 5.02 Å². The number of hydrogen-bond acceptors (Lipinski definition) is 4. The first kappa shape index (κ1) is 16.9. The minimum Gasteiger partial charge on any atom is -0.496 e. The van der Waals surface area contributed by atoms with E-state index in [1.165, 1.54) is 0 Å². The second-order valence-electron chi connectivity index (χ2n) is 6.54. The molecule has 0 N–H and O–H groups in total. The lowest BCUT2D eigenvalue weighted by Gasteiger charge is -2.22. The highest BCUT2D eigenvalue weighted by Crippen LogP contribution is 2.37. The van der Waals surface area contributed by atoms with Gasteiger partial charge in [0.25, 0.3) is 0 Å². The number of nitrogens with zero attached hydrogens (tertiary/aromatic N) is 3. The summed E-state index contributed by atoms with van der Waals surface area (Å²) in [5.74, 6) is 1.31. The predicted octanol–water partition coefficient (Wildman–Crippen LogP) is 3.96. The van der Waals surface area contributed by atoms with Crippen molar-refractivity contribution in [2.75, 3.05) is 25.1 Å². The van der Waals surface area contributed by atoms with Crippen LogP contribution in [0.4, 0.5) is 5.82 Å². The Labute approximate surface area is 156 Å². The van der Waals surface area contributed by atoms with E-state index in [4.69, 9.17) is 16.3 Å². The van der Waals surface area contributed by atoms with E-state index < -0.39 is 0 Å². The van der Waals surface area contributed by atoms with Gasteiger partial charge >= 0.3 is 5.69 Å². The standard InChI is InChI=1S/C20H20ClN3O2/c1-13-7-3-4-8-15(13)24-16-11-14(21)12-17(26-2)18(16)19(22-20(24)25)23-9-5-6-10-23/h3-4,7-8,11-12H,5-6,9-10H2,1-2H3. The minimum atomic E-state index is -0.307. The van der Waals surface area contributed by atoms with Crippen molar-refractivity contribution in [3.8, 4) is 11.4 Å². The summed E-state index contributed by atoms with van der Waals surface area (Å²) in [6.45, 7) is 3.76. The van der Waals surface area contributed by atoms with Crippen molar-refractivity contribution in [2.45, 2.75) is 19.8 Å². The van der Waals surface area contributed by atoms with Crippen LogP contribution in [0.25, 0.3) is 16.6 Å². The quantitative estimate of drug-likeness (QED) is 0.701. The summed E-state index contributed by atoms with van der Waals surface area (Å²) in [6, 6.07) is 11.3. The molecule has 1 aliphatic rings. The molecule has 1 aromatic heterocycles. The van der Waals surface area contributed by atoms with Gasteiger partial charge in [-0.25, -0.2) is 4.79 Å². The van der Waals surface area contributed by atoms with Gasteiger partial charge in [0.15, 0.2) is 0 Å². The largest absolute Gasteiger partial charge is 0.496 e. The number of benzene rings is 2. The van der Waals surface area contributed by atoms with E-state index in [-0.39, 0.29) is 5.69 Å². The van der Waals surface area contributed by atoms with Gasteiger partial charge in [-0.05, 0) is 43.5 Å². The van der Waals surface area contributed by atoms with Crippen LogP contribution in [-0.4, -0.2) is 29.8 Å². The first-order valence-electron chi connectivity index (χ1n) is 8.71. The highest BCUT2D eigenvalue weighted by molar-refractivity contribution is 6.31. The van der Waals surface area contributed by atoms with Gasteiger partial charge in [0.05, 0.1) is 23.7 Å². The SMILES string of the molecule is COc1cc(Cl)cc2c1c(N1CCCC1)nc(=O)n2-c1ccccc1C. The lowest BCUT2D eigenvalue weighted by molar-refractivity contribution is 0.419. The molecule has 0 radical (unpaired) electrons. The van der Waals surface area contributed by atoms with Crippen LogP contribution in [0.15, 0.2) is 41.2 Å². The molecule has 0 spiro atoms. The normalized spacial score (nSPS) is 14.2. The van der Waals surface area contributed by atoms with Crippen molar-refractivity contribution in [1.29, 1.82) is 0 Å². The number of rotatable bonds is 3. The van der Waals surface area contributed by atoms with Crippen LogP contribution in [0.1, 0.15) is 18.4 Å². The Hall–Kier alpha value is -2.53. The molecular weight excluding hydrogens is 350 g/mol. The number of anilines is 1. The molecule has 0 bridgehead atoms. The van der Waals surface area contributed by atoms with Crippen molar-refractivity contribution >= 4 is 28.3 Å². The molecule has 0 amide bonds. The van der Waals surface area contributed by atoms with Gasteiger partial charge in [-0.15, -0.1) is 0 Å². The molecule has 1 saturated heterocycles. The summed E-state index contributed by atoms with van der Waals surface area (Å²) in [4.78, 5) is 19.6. The van der Waals surface area contributed by atoms with E-state index in [9.17, 15) is 4.79 Å². The molecule has 134 valence electrons. The fourth-order valence-electron chi connectivity index (χ4n) is 3.63. The molecule has 0 saturated carbocycles. The highest BCUT2D eigenvalue weighted by atomic mass is 35.5. The fraction of sp³-hybridized carbons (Fsp3) is 0.300. The van der Waals surface area contributed by atoms with Crippen LogP contribution < -0.4 is 15.3 Å². The maximum Gasteiger partial charge on any atom is 0.354 e. The lowest BCUT2D eigenvalue weighted by atomic mass is 10.1. The van der Waals surface area contributed by atoms with Gasteiger partial charge in [0, 0.05) is 18.1 Å². The van der Waals surface area contributed by atoms with Crippen LogP contribution in [0, 0.1) is 6.92 Å². The predicted molar refractivity (Wildman–Crippen MR) is 105 cm³/mol. The van der Waals surface area contributed by atoms with Gasteiger partial charge in [0.2, 0.25) is 0 Å². The Morgan fingerprint density at radius 3 is 2.58 bits per heavy atom. The number of halogens is 1. The first-order valence-corrected chi connectivity index (χ1v) is 9.09. The van der Waals surface area contributed by atoms with Crippen LogP contribution >= 0.6 is 11.6 Å². The molecule has 4 rings (SSSR count). The highest BCUT2D eigenvalue weighted by Gasteiger charge is 2.23. The van der Waals surface area contributed by atoms with Gasteiger partial charge < -0.3 is 9.64 Å². The molecule has 5 nitrogen and oxygen atoms in total. The number of methoxy groups -OCH3 is 1. The molecule has 26 heavy (non-hydrogen) atoms. The van der Waals surface area contributed by atoms with Crippen molar-refractivity contribution in [3.63, 3.8) is 0 Å². The van der Waals surface area contributed by atoms with E-state index in [1.54, 1.807) is 17.7 Å². The zero-order valence-corrected chi connectivity index (χ0v) is 15.6. The number of fused-ring (bicyclic) bond motifs is 1. The summed E-state index contributed by atoms with van der Waals surface area (Å²) in [5, 5.41) is 1.34. The van der Waals surface area contributed by atoms with Crippen LogP contribution in [0.5, 0.6) is 5.75 Å². The average Bonchev–Trinajstić information content (AvgIpc) is 3.16.